The lowest BCUT2D eigenvalue weighted by molar-refractivity contribution is -0.139. The fourth-order valence-corrected chi connectivity index (χ4v) is 2.45. The Kier molecular flexibility index (Phi) is 4.90. The van der Waals surface area contributed by atoms with E-state index in [1.807, 2.05) is 0 Å². The summed E-state index contributed by atoms with van der Waals surface area (Å²) in [6.45, 7) is 1.56. The van der Waals surface area contributed by atoms with Crippen molar-refractivity contribution in [2.75, 3.05) is 13.7 Å². The number of ether oxygens (including phenoxy) is 1. The molecule has 0 aliphatic rings. The van der Waals surface area contributed by atoms with E-state index in [2.05, 4.69) is 10.3 Å². The first-order valence-corrected chi connectivity index (χ1v) is 6.92. The Morgan fingerprint density at radius 3 is 2.83 bits per heavy atom. The van der Waals surface area contributed by atoms with E-state index < -0.39 is 23.2 Å². The number of fused-ring (bicyclic) bond motifs is 1. The number of carbonyl (C=O) groups excluding carboxylic acids is 1. The predicted molar refractivity (Wildman–Crippen MR) is 81.7 cm³/mol. The zero-order valence-corrected chi connectivity index (χ0v) is 12.8. The molecule has 122 valence electrons. The number of carboxylic acids is 1. The van der Waals surface area contributed by atoms with Crippen LogP contribution in [0.1, 0.15) is 23.7 Å². The number of hydrogen-bond acceptors (Lipinski definition) is 4. The molecular weight excluding hydrogens is 303 g/mol. The monoisotopic (exact) mass is 320 g/mol. The molecule has 0 bridgehead atoms. The summed E-state index contributed by atoms with van der Waals surface area (Å²) in [6.07, 6.45) is 1.18. The Bertz CT molecular complexity index is 750. The molecule has 1 aromatic carbocycles. The number of halogens is 1. The van der Waals surface area contributed by atoms with Gasteiger partial charge in [-0.05, 0) is 25.1 Å². The predicted octanol–water partition coefficient (Wildman–Crippen LogP) is 1.98. The van der Waals surface area contributed by atoms with Crippen LogP contribution in [0.3, 0.4) is 0 Å². The number of nitrogens with one attached hydrogen (secondary N) is 1. The minimum Gasteiger partial charge on any atom is -0.481 e. The van der Waals surface area contributed by atoms with Crippen LogP contribution in [0.4, 0.5) is 4.39 Å². The van der Waals surface area contributed by atoms with E-state index in [-0.39, 0.29) is 18.6 Å². The fourth-order valence-electron chi connectivity index (χ4n) is 2.45. The number of aliphatic carboxylic acids is 1. The number of benzene rings is 1. The standard InChI is InChI=1S/C16H17FN2O4/c1-16(9-23-2,8-13(20)21)19-15(22)12-7-11(17)6-10-4-3-5-18-14(10)12/h3-7H,8-9H2,1-2H3,(H,19,22)(H,20,21). The van der Waals surface area contributed by atoms with Crippen molar-refractivity contribution in [3.63, 3.8) is 0 Å². The van der Waals surface area contributed by atoms with E-state index in [4.69, 9.17) is 9.84 Å². The van der Waals surface area contributed by atoms with Crippen molar-refractivity contribution < 1.29 is 23.8 Å². The summed E-state index contributed by atoms with van der Waals surface area (Å²) in [5.41, 5.74) is -0.722. The van der Waals surface area contributed by atoms with E-state index in [9.17, 15) is 14.0 Å². The van der Waals surface area contributed by atoms with Crippen molar-refractivity contribution in [1.82, 2.24) is 10.3 Å². The van der Waals surface area contributed by atoms with Crippen molar-refractivity contribution in [2.45, 2.75) is 18.9 Å². The van der Waals surface area contributed by atoms with Crippen LogP contribution in [0.5, 0.6) is 0 Å². The highest BCUT2D eigenvalue weighted by Crippen LogP contribution is 2.20. The van der Waals surface area contributed by atoms with Gasteiger partial charge in [-0.25, -0.2) is 4.39 Å². The van der Waals surface area contributed by atoms with Crippen molar-refractivity contribution in [3.05, 3.63) is 41.8 Å². The van der Waals surface area contributed by atoms with Crippen LogP contribution in [0.25, 0.3) is 10.9 Å². The highest BCUT2D eigenvalue weighted by Gasteiger charge is 2.30. The van der Waals surface area contributed by atoms with Crippen LogP contribution < -0.4 is 5.32 Å². The van der Waals surface area contributed by atoms with Crippen LogP contribution >= 0.6 is 0 Å². The second kappa shape index (κ2) is 6.70. The Balaban J connectivity index is 2.38. The van der Waals surface area contributed by atoms with Crippen molar-refractivity contribution in [2.24, 2.45) is 0 Å². The summed E-state index contributed by atoms with van der Waals surface area (Å²) in [5.74, 6) is -2.25. The fraction of sp³-hybridized carbons (Fsp3) is 0.312. The molecule has 2 N–H and O–H groups in total. The lowest BCUT2D eigenvalue weighted by Crippen LogP contribution is -2.50. The van der Waals surface area contributed by atoms with Gasteiger partial charge in [0.2, 0.25) is 0 Å². The molecule has 23 heavy (non-hydrogen) atoms. The first-order chi connectivity index (χ1) is 10.8. The topological polar surface area (TPSA) is 88.5 Å². The number of aromatic nitrogens is 1. The van der Waals surface area contributed by atoms with Crippen molar-refractivity contribution in [1.29, 1.82) is 0 Å². The molecule has 0 aliphatic carbocycles. The van der Waals surface area contributed by atoms with Gasteiger partial charge >= 0.3 is 5.97 Å². The summed E-state index contributed by atoms with van der Waals surface area (Å²) in [5, 5.41) is 12.1. The van der Waals surface area contributed by atoms with Gasteiger partial charge in [-0.3, -0.25) is 14.6 Å². The summed E-state index contributed by atoms with van der Waals surface area (Å²) in [7, 11) is 1.41. The second-order valence-electron chi connectivity index (χ2n) is 5.55. The first-order valence-electron chi connectivity index (χ1n) is 6.92. The normalized spacial score (nSPS) is 13.5. The molecule has 2 rings (SSSR count). The molecule has 1 unspecified atom stereocenters. The number of pyridine rings is 1. The molecule has 1 amide bonds. The van der Waals surface area contributed by atoms with Gasteiger partial charge in [0, 0.05) is 18.7 Å². The average Bonchev–Trinajstić information content (AvgIpc) is 2.45. The largest absolute Gasteiger partial charge is 0.481 e. The molecular formula is C16H17FN2O4. The third kappa shape index (κ3) is 4.01. The summed E-state index contributed by atoms with van der Waals surface area (Å²) in [6, 6.07) is 5.65. The summed E-state index contributed by atoms with van der Waals surface area (Å²) < 4.78 is 18.7. The quantitative estimate of drug-likeness (QED) is 0.849. The van der Waals surface area contributed by atoms with Gasteiger partial charge in [-0.2, -0.15) is 0 Å². The zero-order chi connectivity index (χ0) is 17.0. The van der Waals surface area contributed by atoms with Gasteiger partial charge in [0.15, 0.2) is 0 Å². The smallest absolute Gasteiger partial charge is 0.305 e. The Hall–Kier alpha value is -2.54. The van der Waals surface area contributed by atoms with Crippen molar-refractivity contribution >= 4 is 22.8 Å². The van der Waals surface area contributed by atoms with Gasteiger partial charge < -0.3 is 15.2 Å². The van der Waals surface area contributed by atoms with Gasteiger partial charge in [-0.1, -0.05) is 6.07 Å². The summed E-state index contributed by atoms with van der Waals surface area (Å²) in [4.78, 5) is 27.6. The highest BCUT2D eigenvalue weighted by atomic mass is 19.1. The van der Waals surface area contributed by atoms with Gasteiger partial charge in [-0.15, -0.1) is 0 Å². The number of nitrogens with zero attached hydrogens (tertiary/aromatic N) is 1. The van der Waals surface area contributed by atoms with Gasteiger partial charge in [0.05, 0.1) is 29.6 Å². The van der Waals surface area contributed by atoms with Crippen LogP contribution in [0.15, 0.2) is 30.5 Å². The van der Waals surface area contributed by atoms with Crippen LogP contribution in [-0.4, -0.2) is 41.2 Å². The van der Waals surface area contributed by atoms with E-state index in [1.54, 1.807) is 19.1 Å². The number of carboxylic acid groups (broad SMARTS) is 1. The molecule has 1 heterocycles. The van der Waals surface area contributed by atoms with E-state index in [0.717, 1.165) is 6.07 Å². The zero-order valence-electron chi connectivity index (χ0n) is 12.8. The van der Waals surface area contributed by atoms with Crippen molar-refractivity contribution in [3.8, 4) is 0 Å². The molecule has 0 fully saturated rings. The molecule has 0 saturated heterocycles. The lowest BCUT2D eigenvalue weighted by Gasteiger charge is -2.28. The number of amides is 1. The third-order valence-electron chi connectivity index (χ3n) is 3.33. The van der Waals surface area contributed by atoms with E-state index in [0.29, 0.717) is 10.9 Å². The van der Waals surface area contributed by atoms with E-state index >= 15 is 0 Å². The number of rotatable bonds is 6. The maximum Gasteiger partial charge on any atom is 0.305 e. The Morgan fingerprint density at radius 2 is 2.17 bits per heavy atom. The SMILES string of the molecule is COCC(C)(CC(=O)O)NC(=O)c1cc(F)cc2cccnc12. The molecule has 7 heteroatoms. The molecule has 1 atom stereocenters. The maximum atomic E-state index is 13.7. The molecule has 0 spiro atoms. The molecule has 0 aliphatic heterocycles. The lowest BCUT2D eigenvalue weighted by atomic mass is 9.97. The Morgan fingerprint density at radius 1 is 1.43 bits per heavy atom. The highest BCUT2D eigenvalue weighted by molar-refractivity contribution is 6.05. The van der Waals surface area contributed by atoms with Crippen LogP contribution in [0, 0.1) is 5.82 Å². The number of methoxy groups -OCH3 is 1. The summed E-state index contributed by atoms with van der Waals surface area (Å²) >= 11 is 0. The average molecular weight is 320 g/mol. The minimum atomic E-state index is -1.12. The maximum absolute atomic E-state index is 13.7. The number of hydrogen-bond donors (Lipinski definition) is 2. The Labute approximate surface area is 132 Å². The van der Waals surface area contributed by atoms with Crippen LogP contribution in [-0.2, 0) is 9.53 Å². The molecule has 6 nitrogen and oxygen atoms in total. The van der Waals surface area contributed by atoms with Gasteiger partial charge in [0.1, 0.15) is 5.82 Å². The molecule has 2 aromatic rings. The van der Waals surface area contributed by atoms with E-state index in [1.165, 1.54) is 19.4 Å². The molecule has 0 saturated carbocycles. The molecule has 1 aromatic heterocycles. The van der Waals surface area contributed by atoms with Gasteiger partial charge in [0.25, 0.3) is 5.91 Å². The van der Waals surface area contributed by atoms with Crippen LogP contribution in [0.2, 0.25) is 0 Å². The molecule has 0 radical (unpaired) electrons. The third-order valence-corrected chi connectivity index (χ3v) is 3.33. The minimum absolute atomic E-state index is 0.00567. The number of carbonyl (C=O) groups is 2. The second-order valence-corrected chi connectivity index (χ2v) is 5.55. The first kappa shape index (κ1) is 16.8.